The summed E-state index contributed by atoms with van der Waals surface area (Å²) in [6.45, 7) is 0. The Morgan fingerprint density at radius 3 is 2.65 bits per heavy atom. The number of rotatable bonds is 2. The normalized spacial score (nSPS) is 10.7. The van der Waals surface area contributed by atoms with Crippen molar-refractivity contribution in [3.63, 3.8) is 0 Å². The van der Waals surface area contributed by atoms with Crippen LogP contribution in [0.25, 0.3) is 11.0 Å². The van der Waals surface area contributed by atoms with Crippen LogP contribution in [0.4, 0.5) is 10.1 Å². The number of hydrogen-bond acceptors (Lipinski definition) is 4. The molecule has 0 aliphatic heterocycles. The number of carbonyl (C=O) groups excluding carboxylic acids is 1. The Morgan fingerprint density at radius 2 is 1.90 bits per heavy atom. The third kappa shape index (κ3) is 2.35. The molecule has 0 fully saturated rings. The molecule has 0 aliphatic carbocycles. The number of nitrogens with zero attached hydrogens (tertiary/aromatic N) is 2. The van der Waals surface area contributed by atoms with Crippen molar-refractivity contribution in [1.29, 1.82) is 0 Å². The predicted octanol–water partition coefficient (Wildman–Crippen LogP) is 3.74. The fourth-order valence-electron chi connectivity index (χ4n) is 1.73. The van der Waals surface area contributed by atoms with Crippen LogP contribution in [0.1, 0.15) is 10.4 Å². The van der Waals surface area contributed by atoms with Gasteiger partial charge in [-0.2, -0.15) is 8.75 Å². The number of benzene rings is 2. The van der Waals surface area contributed by atoms with Gasteiger partial charge in [0.1, 0.15) is 16.9 Å². The lowest BCUT2D eigenvalue weighted by atomic mass is 10.2. The van der Waals surface area contributed by atoms with Crippen molar-refractivity contribution in [2.24, 2.45) is 0 Å². The summed E-state index contributed by atoms with van der Waals surface area (Å²) in [6, 6.07) is 8.62. The lowest BCUT2D eigenvalue weighted by molar-refractivity contribution is 0.102. The fourth-order valence-corrected chi connectivity index (χ4v) is 2.48. The molecule has 1 amide bonds. The van der Waals surface area contributed by atoms with Crippen molar-refractivity contribution in [3.05, 3.63) is 52.8 Å². The molecule has 0 atom stereocenters. The van der Waals surface area contributed by atoms with Gasteiger partial charge in [0.25, 0.3) is 5.91 Å². The molecule has 1 aromatic heterocycles. The van der Waals surface area contributed by atoms with E-state index in [1.54, 1.807) is 12.1 Å². The van der Waals surface area contributed by atoms with Crippen molar-refractivity contribution >= 4 is 46.0 Å². The average molecular weight is 308 g/mol. The van der Waals surface area contributed by atoms with Crippen LogP contribution in [0.3, 0.4) is 0 Å². The average Bonchev–Trinajstić information content (AvgIpc) is 2.91. The van der Waals surface area contributed by atoms with Crippen LogP contribution in [0.5, 0.6) is 0 Å². The van der Waals surface area contributed by atoms with Gasteiger partial charge < -0.3 is 5.32 Å². The molecule has 3 rings (SSSR count). The molecule has 3 aromatic rings. The standard InChI is InChI=1S/C13H7ClFN3OS/c14-9-5-6-10-12(18-20-17-10)11(9)16-13(19)7-1-3-8(15)4-2-7/h1-6H,(H,16,19). The molecule has 20 heavy (non-hydrogen) atoms. The van der Waals surface area contributed by atoms with Crippen LogP contribution in [-0.4, -0.2) is 14.7 Å². The van der Waals surface area contributed by atoms with E-state index in [0.717, 1.165) is 11.7 Å². The summed E-state index contributed by atoms with van der Waals surface area (Å²) in [4.78, 5) is 12.1. The number of anilines is 1. The highest BCUT2D eigenvalue weighted by Crippen LogP contribution is 2.30. The van der Waals surface area contributed by atoms with Crippen LogP contribution in [0, 0.1) is 5.82 Å². The van der Waals surface area contributed by atoms with Crippen LogP contribution in [0.2, 0.25) is 5.02 Å². The summed E-state index contributed by atoms with van der Waals surface area (Å²) in [6.07, 6.45) is 0. The highest BCUT2D eigenvalue weighted by atomic mass is 35.5. The molecule has 0 unspecified atom stereocenters. The number of halogens is 2. The minimum atomic E-state index is -0.398. The van der Waals surface area contributed by atoms with Gasteiger partial charge in [0.05, 0.1) is 22.4 Å². The summed E-state index contributed by atoms with van der Waals surface area (Å²) in [7, 11) is 0. The van der Waals surface area contributed by atoms with Gasteiger partial charge in [0.15, 0.2) is 0 Å². The molecule has 0 saturated carbocycles. The molecule has 7 heteroatoms. The zero-order valence-corrected chi connectivity index (χ0v) is 11.5. The lowest BCUT2D eigenvalue weighted by Crippen LogP contribution is -2.12. The smallest absolute Gasteiger partial charge is 0.255 e. The van der Waals surface area contributed by atoms with Gasteiger partial charge in [0, 0.05) is 5.56 Å². The summed E-state index contributed by atoms with van der Waals surface area (Å²) >= 11 is 7.12. The van der Waals surface area contributed by atoms with E-state index in [1.165, 1.54) is 24.3 Å². The highest BCUT2D eigenvalue weighted by molar-refractivity contribution is 7.00. The quantitative estimate of drug-likeness (QED) is 0.784. The molecule has 100 valence electrons. The lowest BCUT2D eigenvalue weighted by Gasteiger charge is -2.07. The van der Waals surface area contributed by atoms with Gasteiger partial charge in [-0.3, -0.25) is 4.79 Å². The maximum atomic E-state index is 12.8. The molecule has 0 radical (unpaired) electrons. The molecular weight excluding hydrogens is 301 g/mol. The number of fused-ring (bicyclic) bond motifs is 1. The van der Waals surface area contributed by atoms with E-state index in [0.29, 0.717) is 27.3 Å². The third-order valence-corrected chi connectivity index (χ3v) is 3.58. The summed E-state index contributed by atoms with van der Waals surface area (Å²) < 4.78 is 21.0. The molecule has 2 aromatic carbocycles. The number of carbonyl (C=O) groups is 1. The maximum Gasteiger partial charge on any atom is 0.255 e. The Hall–Kier alpha value is -2.05. The van der Waals surface area contributed by atoms with Crippen molar-refractivity contribution in [2.45, 2.75) is 0 Å². The Labute approximate surface area is 122 Å². The second-order valence-corrected chi connectivity index (χ2v) is 4.95. The number of aromatic nitrogens is 2. The summed E-state index contributed by atoms with van der Waals surface area (Å²) in [5.41, 5.74) is 1.95. The van der Waals surface area contributed by atoms with Crippen LogP contribution in [0.15, 0.2) is 36.4 Å². The largest absolute Gasteiger partial charge is 0.319 e. The number of amides is 1. The predicted molar refractivity (Wildman–Crippen MR) is 76.8 cm³/mol. The minimum Gasteiger partial charge on any atom is -0.319 e. The van der Waals surface area contributed by atoms with Gasteiger partial charge in [-0.25, -0.2) is 4.39 Å². The molecule has 1 N–H and O–H groups in total. The van der Waals surface area contributed by atoms with Gasteiger partial charge >= 0.3 is 0 Å². The first kappa shape index (κ1) is 13.0. The van der Waals surface area contributed by atoms with Gasteiger partial charge in [-0.1, -0.05) is 11.6 Å². The molecule has 0 aliphatic rings. The Morgan fingerprint density at radius 1 is 1.15 bits per heavy atom. The molecule has 0 bridgehead atoms. The molecule has 0 spiro atoms. The van der Waals surface area contributed by atoms with Gasteiger partial charge in [0.2, 0.25) is 0 Å². The number of nitrogens with one attached hydrogen (secondary N) is 1. The topological polar surface area (TPSA) is 54.9 Å². The Balaban J connectivity index is 1.96. The second-order valence-electron chi connectivity index (χ2n) is 4.02. The monoisotopic (exact) mass is 307 g/mol. The first-order chi connectivity index (χ1) is 9.65. The zero-order valence-electron chi connectivity index (χ0n) is 9.93. The first-order valence-corrected chi connectivity index (χ1v) is 6.73. The van der Waals surface area contributed by atoms with E-state index in [1.807, 2.05) is 0 Å². The molecule has 4 nitrogen and oxygen atoms in total. The van der Waals surface area contributed by atoms with Gasteiger partial charge in [-0.15, -0.1) is 0 Å². The van der Waals surface area contributed by atoms with E-state index in [4.69, 9.17) is 11.6 Å². The van der Waals surface area contributed by atoms with Crippen LogP contribution in [-0.2, 0) is 0 Å². The SMILES string of the molecule is O=C(Nc1c(Cl)ccc2nsnc12)c1ccc(F)cc1. The Bertz CT molecular complexity index is 788. The molecule has 0 saturated heterocycles. The van der Waals surface area contributed by atoms with Crippen molar-refractivity contribution in [2.75, 3.05) is 5.32 Å². The van der Waals surface area contributed by atoms with E-state index < -0.39 is 5.82 Å². The maximum absolute atomic E-state index is 12.8. The van der Waals surface area contributed by atoms with E-state index >= 15 is 0 Å². The Kier molecular flexibility index (Phi) is 3.33. The van der Waals surface area contributed by atoms with Crippen molar-refractivity contribution < 1.29 is 9.18 Å². The summed E-state index contributed by atoms with van der Waals surface area (Å²) in [5.74, 6) is -0.780. The molecule has 1 heterocycles. The summed E-state index contributed by atoms with van der Waals surface area (Å²) in [5, 5.41) is 3.06. The zero-order chi connectivity index (χ0) is 14.1. The van der Waals surface area contributed by atoms with Crippen LogP contribution < -0.4 is 5.32 Å². The van der Waals surface area contributed by atoms with E-state index in [2.05, 4.69) is 14.1 Å². The van der Waals surface area contributed by atoms with Crippen molar-refractivity contribution in [3.8, 4) is 0 Å². The number of hydrogen-bond donors (Lipinski definition) is 1. The third-order valence-electron chi connectivity index (χ3n) is 2.72. The van der Waals surface area contributed by atoms with Gasteiger partial charge in [-0.05, 0) is 36.4 Å². The van der Waals surface area contributed by atoms with Crippen molar-refractivity contribution in [1.82, 2.24) is 8.75 Å². The van der Waals surface area contributed by atoms with Crippen LogP contribution >= 0.6 is 23.3 Å². The first-order valence-electron chi connectivity index (χ1n) is 5.63. The minimum absolute atomic E-state index is 0.336. The fraction of sp³-hybridized carbons (Fsp3) is 0. The second kappa shape index (κ2) is 5.15. The van der Waals surface area contributed by atoms with E-state index in [9.17, 15) is 9.18 Å². The van der Waals surface area contributed by atoms with E-state index in [-0.39, 0.29) is 5.91 Å². The highest BCUT2D eigenvalue weighted by Gasteiger charge is 2.14. The molecular formula is C13H7ClFN3OS.